The van der Waals surface area contributed by atoms with Crippen molar-refractivity contribution in [1.29, 1.82) is 0 Å². The van der Waals surface area contributed by atoms with Gasteiger partial charge < -0.3 is 5.32 Å². The number of benzene rings is 2. The molecule has 3 nitrogen and oxygen atoms in total. The monoisotopic (exact) mass is 288 g/mol. The molecule has 0 unspecified atom stereocenters. The Morgan fingerprint density at radius 2 is 1.45 bits per heavy atom. The number of nitrogens with zero attached hydrogens (tertiary/aromatic N) is 1. The van der Waals surface area contributed by atoms with Crippen LogP contribution in [0.15, 0.2) is 85.1 Å². The minimum atomic E-state index is -0.460. The molecule has 0 aliphatic heterocycles. The van der Waals surface area contributed by atoms with Crippen molar-refractivity contribution >= 4 is 11.6 Å². The minimum Gasteiger partial charge on any atom is -0.356 e. The molecule has 22 heavy (non-hydrogen) atoms. The first-order chi connectivity index (χ1) is 10.8. The van der Waals surface area contributed by atoms with Gasteiger partial charge in [0.2, 0.25) is 0 Å². The summed E-state index contributed by atoms with van der Waals surface area (Å²) in [7, 11) is 0. The van der Waals surface area contributed by atoms with Gasteiger partial charge >= 0.3 is 0 Å². The summed E-state index contributed by atoms with van der Waals surface area (Å²) in [5.41, 5.74) is 1.60. The Hall–Kier alpha value is -2.94. The zero-order valence-electron chi connectivity index (χ0n) is 12.0. The molecule has 1 atom stereocenters. The highest BCUT2D eigenvalue weighted by Crippen LogP contribution is 2.22. The average Bonchev–Trinajstić information content (AvgIpc) is 2.61. The molecule has 1 aromatic heterocycles. The second-order valence-electron chi connectivity index (χ2n) is 4.93. The first-order valence-electron chi connectivity index (χ1n) is 7.16. The Morgan fingerprint density at radius 1 is 0.818 bits per heavy atom. The topological polar surface area (TPSA) is 42.0 Å². The number of aromatic nitrogens is 1. The molecule has 3 rings (SSSR count). The molecule has 3 aromatic rings. The third-order valence-electron chi connectivity index (χ3n) is 3.41. The van der Waals surface area contributed by atoms with E-state index in [2.05, 4.69) is 10.3 Å². The Bertz CT molecular complexity index is 727. The third-order valence-corrected chi connectivity index (χ3v) is 3.41. The van der Waals surface area contributed by atoms with Crippen LogP contribution in [0.25, 0.3) is 0 Å². The molecule has 0 aliphatic carbocycles. The van der Waals surface area contributed by atoms with E-state index in [9.17, 15) is 4.79 Å². The zero-order chi connectivity index (χ0) is 15.2. The summed E-state index contributed by atoms with van der Waals surface area (Å²) in [6.07, 6.45) is 1.71. The molecule has 0 aliphatic rings. The van der Waals surface area contributed by atoms with Crippen molar-refractivity contribution < 1.29 is 4.79 Å². The molecule has 0 bridgehead atoms. The van der Waals surface area contributed by atoms with Gasteiger partial charge in [-0.3, -0.25) is 4.79 Å². The minimum absolute atomic E-state index is 0.0254. The number of hydrogen-bond acceptors (Lipinski definition) is 3. The number of carbonyl (C=O) groups is 1. The summed E-state index contributed by atoms with van der Waals surface area (Å²) in [6.45, 7) is 0. The lowest BCUT2D eigenvalue weighted by atomic mass is 9.97. The van der Waals surface area contributed by atoms with Gasteiger partial charge in [-0.25, -0.2) is 4.98 Å². The van der Waals surface area contributed by atoms with Crippen molar-refractivity contribution in [2.24, 2.45) is 0 Å². The predicted octanol–water partition coefficient (Wildman–Crippen LogP) is 4.12. The van der Waals surface area contributed by atoms with Crippen LogP contribution in [0.1, 0.15) is 22.0 Å². The van der Waals surface area contributed by atoms with Gasteiger partial charge in [-0.1, -0.05) is 66.7 Å². The maximum atomic E-state index is 12.9. The first kappa shape index (κ1) is 14.0. The van der Waals surface area contributed by atoms with Gasteiger partial charge in [0.1, 0.15) is 11.9 Å². The quantitative estimate of drug-likeness (QED) is 0.718. The summed E-state index contributed by atoms with van der Waals surface area (Å²) in [5, 5.41) is 3.23. The van der Waals surface area contributed by atoms with Gasteiger partial charge in [-0.05, 0) is 17.7 Å². The second-order valence-corrected chi connectivity index (χ2v) is 4.93. The van der Waals surface area contributed by atoms with Crippen LogP contribution >= 0.6 is 0 Å². The van der Waals surface area contributed by atoms with Crippen LogP contribution in [0.3, 0.4) is 0 Å². The van der Waals surface area contributed by atoms with Gasteiger partial charge in [0.25, 0.3) is 0 Å². The third kappa shape index (κ3) is 3.20. The number of carbonyl (C=O) groups excluding carboxylic acids is 1. The Balaban J connectivity index is 1.95. The normalized spacial score (nSPS) is 11.6. The zero-order valence-corrected chi connectivity index (χ0v) is 12.0. The first-order valence-corrected chi connectivity index (χ1v) is 7.16. The van der Waals surface area contributed by atoms with Crippen LogP contribution in [-0.2, 0) is 0 Å². The fraction of sp³-hybridized carbons (Fsp3) is 0.0526. The van der Waals surface area contributed by atoms with Gasteiger partial charge in [0.15, 0.2) is 5.78 Å². The second kappa shape index (κ2) is 6.68. The standard InChI is InChI=1S/C19H16N2O/c22-19(16-11-5-2-6-12-16)18(15-9-3-1-4-10-15)21-17-13-7-8-14-20-17/h1-14,18H,(H,20,21)/t18-/m0/s1. The molecule has 0 amide bonds. The highest BCUT2D eigenvalue weighted by Gasteiger charge is 2.21. The lowest BCUT2D eigenvalue weighted by Gasteiger charge is -2.18. The molecule has 1 N–H and O–H groups in total. The fourth-order valence-electron chi connectivity index (χ4n) is 2.31. The molecule has 0 spiro atoms. The van der Waals surface area contributed by atoms with Crippen molar-refractivity contribution in [3.8, 4) is 0 Å². The summed E-state index contributed by atoms with van der Waals surface area (Å²) in [6, 6.07) is 24.1. The molecular weight excluding hydrogens is 272 g/mol. The number of nitrogens with one attached hydrogen (secondary N) is 1. The SMILES string of the molecule is O=C(c1ccccc1)[C@@H](Nc1ccccn1)c1ccccc1. The van der Waals surface area contributed by atoms with E-state index in [1.807, 2.05) is 78.9 Å². The van der Waals surface area contributed by atoms with Crippen LogP contribution in [0.2, 0.25) is 0 Å². The molecule has 0 saturated heterocycles. The molecule has 0 fully saturated rings. The number of rotatable bonds is 5. The van der Waals surface area contributed by atoms with Crippen LogP contribution in [0.5, 0.6) is 0 Å². The number of Topliss-reactive ketones (excluding diaryl/α,β-unsaturated/α-hetero) is 1. The Labute approximate surface area is 129 Å². The van der Waals surface area contributed by atoms with E-state index in [0.717, 1.165) is 5.56 Å². The lowest BCUT2D eigenvalue weighted by Crippen LogP contribution is -2.21. The number of hydrogen-bond donors (Lipinski definition) is 1. The van der Waals surface area contributed by atoms with Gasteiger partial charge in [0.05, 0.1) is 0 Å². The van der Waals surface area contributed by atoms with E-state index in [1.165, 1.54) is 0 Å². The smallest absolute Gasteiger partial charge is 0.189 e. The molecule has 0 radical (unpaired) electrons. The molecular formula is C19H16N2O. The van der Waals surface area contributed by atoms with E-state index in [4.69, 9.17) is 0 Å². The average molecular weight is 288 g/mol. The Kier molecular flexibility index (Phi) is 4.25. The van der Waals surface area contributed by atoms with Crippen molar-refractivity contribution in [2.45, 2.75) is 6.04 Å². The largest absolute Gasteiger partial charge is 0.356 e. The maximum absolute atomic E-state index is 12.9. The van der Waals surface area contributed by atoms with E-state index in [0.29, 0.717) is 11.4 Å². The van der Waals surface area contributed by atoms with E-state index in [-0.39, 0.29) is 5.78 Å². The predicted molar refractivity (Wildman–Crippen MR) is 87.8 cm³/mol. The number of pyridine rings is 1. The van der Waals surface area contributed by atoms with Crippen molar-refractivity contribution in [3.05, 3.63) is 96.2 Å². The highest BCUT2D eigenvalue weighted by molar-refractivity contribution is 6.02. The summed E-state index contributed by atoms with van der Waals surface area (Å²) >= 11 is 0. The van der Waals surface area contributed by atoms with Crippen LogP contribution in [-0.4, -0.2) is 10.8 Å². The van der Waals surface area contributed by atoms with E-state index in [1.54, 1.807) is 6.20 Å². The number of ketones is 1. The molecule has 1 heterocycles. The van der Waals surface area contributed by atoms with E-state index < -0.39 is 6.04 Å². The van der Waals surface area contributed by atoms with Crippen molar-refractivity contribution in [3.63, 3.8) is 0 Å². The fourth-order valence-corrected chi connectivity index (χ4v) is 2.31. The number of anilines is 1. The molecule has 2 aromatic carbocycles. The summed E-state index contributed by atoms with van der Waals surface area (Å²) < 4.78 is 0. The molecule has 108 valence electrons. The Morgan fingerprint density at radius 3 is 2.09 bits per heavy atom. The summed E-state index contributed by atoms with van der Waals surface area (Å²) in [5.74, 6) is 0.707. The molecule has 0 saturated carbocycles. The molecule has 3 heteroatoms. The van der Waals surface area contributed by atoms with Gasteiger partial charge in [-0.15, -0.1) is 0 Å². The summed E-state index contributed by atoms with van der Waals surface area (Å²) in [4.78, 5) is 17.1. The van der Waals surface area contributed by atoms with Crippen LogP contribution < -0.4 is 5.32 Å². The van der Waals surface area contributed by atoms with Gasteiger partial charge in [-0.2, -0.15) is 0 Å². The lowest BCUT2D eigenvalue weighted by molar-refractivity contribution is 0.0969. The van der Waals surface area contributed by atoms with Crippen molar-refractivity contribution in [2.75, 3.05) is 5.32 Å². The highest BCUT2D eigenvalue weighted by atomic mass is 16.1. The van der Waals surface area contributed by atoms with Gasteiger partial charge in [0, 0.05) is 11.8 Å². The van der Waals surface area contributed by atoms with Crippen molar-refractivity contribution in [1.82, 2.24) is 4.98 Å². The van der Waals surface area contributed by atoms with E-state index >= 15 is 0 Å². The van der Waals surface area contributed by atoms with Crippen LogP contribution in [0.4, 0.5) is 5.82 Å². The maximum Gasteiger partial charge on any atom is 0.189 e. The van der Waals surface area contributed by atoms with Crippen LogP contribution in [0, 0.1) is 0 Å².